The van der Waals surface area contributed by atoms with Gasteiger partial charge in [0, 0.05) is 19.4 Å². The number of carbonyl (C=O) groups is 2. The molecule has 0 saturated heterocycles. The van der Waals surface area contributed by atoms with E-state index >= 15 is 0 Å². The molecule has 1 atom stereocenters. The minimum Gasteiger partial charge on any atom is -0.466 e. The van der Waals surface area contributed by atoms with Crippen molar-refractivity contribution in [3.63, 3.8) is 0 Å². The summed E-state index contributed by atoms with van der Waals surface area (Å²) in [7, 11) is 0. The van der Waals surface area contributed by atoms with Crippen molar-refractivity contribution in [1.82, 2.24) is 4.90 Å². The highest BCUT2D eigenvalue weighted by atomic mass is 16.5. The van der Waals surface area contributed by atoms with Crippen LogP contribution in [0.1, 0.15) is 168 Å². The molecule has 0 rings (SSSR count). The molecule has 0 aliphatic carbocycles. The third-order valence-corrected chi connectivity index (χ3v) is 7.70. The number of nitrogens with zero attached hydrogens (tertiary/aromatic N) is 1. The van der Waals surface area contributed by atoms with Crippen LogP contribution in [-0.2, 0) is 19.1 Å². The molecular formula is C34H67NO5. The van der Waals surface area contributed by atoms with Crippen molar-refractivity contribution in [3.05, 3.63) is 0 Å². The van der Waals surface area contributed by atoms with Crippen LogP contribution in [0.5, 0.6) is 0 Å². The van der Waals surface area contributed by atoms with Crippen molar-refractivity contribution in [3.8, 4) is 0 Å². The molecule has 6 nitrogen and oxygen atoms in total. The van der Waals surface area contributed by atoms with E-state index in [9.17, 15) is 14.7 Å². The lowest BCUT2D eigenvalue weighted by atomic mass is 10.0. The van der Waals surface area contributed by atoms with Crippen molar-refractivity contribution < 1.29 is 24.2 Å². The number of aliphatic hydroxyl groups is 1. The molecule has 0 aromatic carbocycles. The summed E-state index contributed by atoms with van der Waals surface area (Å²) >= 11 is 0. The molecule has 0 saturated carbocycles. The van der Waals surface area contributed by atoms with Crippen LogP contribution < -0.4 is 0 Å². The number of esters is 2. The molecule has 1 N–H and O–H groups in total. The number of carbonyl (C=O) groups excluding carboxylic acids is 2. The third kappa shape index (κ3) is 27.1. The summed E-state index contributed by atoms with van der Waals surface area (Å²) in [5, 5.41) is 9.37. The van der Waals surface area contributed by atoms with Crippen molar-refractivity contribution >= 4 is 11.9 Å². The van der Waals surface area contributed by atoms with Gasteiger partial charge in [-0.15, -0.1) is 0 Å². The first-order valence-corrected chi connectivity index (χ1v) is 17.3. The highest BCUT2D eigenvalue weighted by Gasteiger charge is 2.14. The molecule has 0 heterocycles. The third-order valence-electron chi connectivity index (χ3n) is 7.70. The van der Waals surface area contributed by atoms with Gasteiger partial charge in [-0.25, -0.2) is 0 Å². The van der Waals surface area contributed by atoms with E-state index < -0.39 is 0 Å². The molecule has 0 aliphatic heterocycles. The predicted octanol–water partition coefficient (Wildman–Crippen LogP) is 8.77. The van der Waals surface area contributed by atoms with Crippen LogP contribution in [0, 0.1) is 0 Å². The normalized spacial score (nSPS) is 12.1. The van der Waals surface area contributed by atoms with Crippen LogP contribution in [0.3, 0.4) is 0 Å². The summed E-state index contributed by atoms with van der Waals surface area (Å²) in [4.78, 5) is 26.6. The van der Waals surface area contributed by atoms with Crippen molar-refractivity contribution in [2.45, 2.75) is 175 Å². The first-order chi connectivity index (χ1) is 19.6. The van der Waals surface area contributed by atoms with E-state index in [-0.39, 0.29) is 24.6 Å². The van der Waals surface area contributed by atoms with E-state index in [1.165, 1.54) is 70.6 Å². The standard InChI is InChI=1S/C34H67NO5/c1-4-7-10-12-15-19-24-32(23-18-14-11-8-5-2)40-34(38)25-20-16-13-17-21-27-35(29-30-36)28-22-26-33(37)39-31-9-6-3/h32,36H,4-31H2,1-3H3. The highest BCUT2D eigenvalue weighted by molar-refractivity contribution is 5.69. The van der Waals surface area contributed by atoms with E-state index in [0.29, 0.717) is 26.0 Å². The Labute approximate surface area is 248 Å². The monoisotopic (exact) mass is 570 g/mol. The summed E-state index contributed by atoms with van der Waals surface area (Å²) in [5.41, 5.74) is 0. The van der Waals surface area contributed by atoms with Gasteiger partial charge >= 0.3 is 11.9 Å². The lowest BCUT2D eigenvalue weighted by Gasteiger charge is -2.21. The van der Waals surface area contributed by atoms with E-state index in [0.717, 1.165) is 77.3 Å². The van der Waals surface area contributed by atoms with Crippen molar-refractivity contribution in [2.75, 3.05) is 32.8 Å². The Balaban J connectivity index is 4.07. The Morgan fingerprint density at radius 3 is 1.68 bits per heavy atom. The maximum absolute atomic E-state index is 12.5. The van der Waals surface area contributed by atoms with Crippen LogP contribution in [0.4, 0.5) is 0 Å². The van der Waals surface area contributed by atoms with Gasteiger partial charge in [0.25, 0.3) is 0 Å². The fourth-order valence-electron chi connectivity index (χ4n) is 5.10. The molecule has 0 aromatic heterocycles. The molecule has 0 fully saturated rings. The molecular weight excluding hydrogens is 502 g/mol. The van der Waals surface area contributed by atoms with Gasteiger partial charge in [-0.3, -0.25) is 9.59 Å². The Morgan fingerprint density at radius 2 is 1.07 bits per heavy atom. The van der Waals surface area contributed by atoms with Crippen LogP contribution >= 0.6 is 0 Å². The van der Waals surface area contributed by atoms with Crippen LogP contribution in [-0.4, -0.2) is 60.9 Å². The van der Waals surface area contributed by atoms with Crippen LogP contribution in [0.25, 0.3) is 0 Å². The molecule has 0 spiro atoms. The summed E-state index contributed by atoms with van der Waals surface area (Å²) in [5.74, 6) is -0.122. The topological polar surface area (TPSA) is 76.1 Å². The number of hydrogen-bond acceptors (Lipinski definition) is 6. The van der Waals surface area contributed by atoms with Gasteiger partial charge in [-0.1, -0.05) is 104 Å². The second-order valence-corrected chi connectivity index (χ2v) is 11.6. The van der Waals surface area contributed by atoms with Gasteiger partial charge in [-0.05, 0) is 64.5 Å². The van der Waals surface area contributed by atoms with E-state index in [1.54, 1.807) is 0 Å². The molecule has 40 heavy (non-hydrogen) atoms. The number of ether oxygens (including phenoxy) is 2. The maximum atomic E-state index is 12.5. The lowest BCUT2D eigenvalue weighted by Crippen LogP contribution is -2.29. The fourth-order valence-corrected chi connectivity index (χ4v) is 5.10. The predicted molar refractivity (Wildman–Crippen MR) is 168 cm³/mol. The Bertz CT molecular complexity index is 556. The van der Waals surface area contributed by atoms with Crippen LogP contribution in [0.2, 0.25) is 0 Å². The first-order valence-electron chi connectivity index (χ1n) is 17.3. The van der Waals surface area contributed by atoms with E-state index in [4.69, 9.17) is 9.47 Å². The second kappa shape index (κ2) is 30.8. The zero-order valence-corrected chi connectivity index (χ0v) is 26.9. The summed E-state index contributed by atoms with van der Waals surface area (Å²) in [6, 6.07) is 0. The van der Waals surface area contributed by atoms with Crippen molar-refractivity contribution in [2.24, 2.45) is 0 Å². The molecule has 0 aromatic rings. The van der Waals surface area contributed by atoms with Gasteiger partial charge in [0.1, 0.15) is 6.10 Å². The van der Waals surface area contributed by atoms with Gasteiger partial charge < -0.3 is 19.5 Å². The Hall–Kier alpha value is -1.14. The SMILES string of the molecule is CCCCCCCCC(CCCCCCC)OC(=O)CCCCCCCN(CCO)CCCC(=O)OCCCC. The zero-order chi connectivity index (χ0) is 29.5. The molecule has 238 valence electrons. The Morgan fingerprint density at radius 1 is 0.575 bits per heavy atom. The van der Waals surface area contributed by atoms with E-state index in [1.807, 2.05) is 0 Å². The van der Waals surface area contributed by atoms with Gasteiger partial charge in [0.05, 0.1) is 13.2 Å². The number of rotatable bonds is 31. The minimum atomic E-state index is -0.114. The molecule has 0 bridgehead atoms. The molecule has 0 aliphatic rings. The summed E-state index contributed by atoms with van der Waals surface area (Å²) in [6.45, 7) is 9.64. The molecule has 0 radical (unpaired) electrons. The summed E-state index contributed by atoms with van der Waals surface area (Å²) in [6.07, 6.45) is 25.0. The molecule has 0 amide bonds. The van der Waals surface area contributed by atoms with Gasteiger partial charge in [-0.2, -0.15) is 0 Å². The highest BCUT2D eigenvalue weighted by Crippen LogP contribution is 2.18. The lowest BCUT2D eigenvalue weighted by molar-refractivity contribution is -0.150. The molecule has 1 unspecified atom stereocenters. The average Bonchev–Trinajstić information content (AvgIpc) is 2.94. The second-order valence-electron chi connectivity index (χ2n) is 11.6. The maximum Gasteiger partial charge on any atom is 0.306 e. The number of unbranched alkanes of at least 4 members (excludes halogenated alkanes) is 14. The zero-order valence-electron chi connectivity index (χ0n) is 26.9. The van der Waals surface area contributed by atoms with E-state index in [2.05, 4.69) is 25.7 Å². The van der Waals surface area contributed by atoms with Gasteiger partial charge in [0.2, 0.25) is 0 Å². The van der Waals surface area contributed by atoms with Gasteiger partial charge in [0.15, 0.2) is 0 Å². The number of aliphatic hydroxyl groups excluding tert-OH is 1. The fraction of sp³-hybridized carbons (Fsp3) is 0.941. The first kappa shape index (κ1) is 38.9. The quantitative estimate of drug-likeness (QED) is 0.0664. The Kier molecular flexibility index (Phi) is 29.9. The summed E-state index contributed by atoms with van der Waals surface area (Å²) < 4.78 is 11.2. The van der Waals surface area contributed by atoms with Crippen LogP contribution in [0.15, 0.2) is 0 Å². The average molecular weight is 570 g/mol. The minimum absolute atomic E-state index is 0.00752. The molecule has 6 heteroatoms. The van der Waals surface area contributed by atoms with Crippen molar-refractivity contribution in [1.29, 1.82) is 0 Å². The largest absolute Gasteiger partial charge is 0.466 e. The number of hydrogen-bond donors (Lipinski definition) is 1. The smallest absolute Gasteiger partial charge is 0.306 e.